The first kappa shape index (κ1) is 16.9. The Morgan fingerprint density at radius 2 is 2.09 bits per heavy atom. The van der Waals surface area contributed by atoms with E-state index in [-0.39, 0.29) is 10.6 Å². The number of morpholine rings is 1. The summed E-state index contributed by atoms with van der Waals surface area (Å²) in [5.74, 6) is -0.656. The Bertz CT molecular complexity index is 620. The average molecular weight is 330 g/mol. The zero-order valence-electron chi connectivity index (χ0n) is 12.6. The molecule has 1 aromatic heterocycles. The molecule has 1 fully saturated rings. The van der Waals surface area contributed by atoms with Gasteiger partial charge < -0.3 is 15.0 Å². The SMILES string of the molecule is Cn1cc(S(=O)(=O)NCCCN2CCOCC2)cc1C(N)=O. The largest absolute Gasteiger partial charge is 0.379 e. The van der Waals surface area contributed by atoms with E-state index >= 15 is 0 Å². The monoisotopic (exact) mass is 330 g/mol. The van der Waals surface area contributed by atoms with Gasteiger partial charge in [-0.25, -0.2) is 13.1 Å². The van der Waals surface area contributed by atoms with E-state index in [1.807, 2.05) is 0 Å². The van der Waals surface area contributed by atoms with Crippen LogP contribution in [0.2, 0.25) is 0 Å². The molecule has 2 rings (SSSR count). The van der Waals surface area contributed by atoms with Gasteiger partial charge in [-0.2, -0.15) is 0 Å². The number of primary amides is 1. The average Bonchev–Trinajstić information content (AvgIpc) is 2.88. The van der Waals surface area contributed by atoms with E-state index in [2.05, 4.69) is 9.62 Å². The van der Waals surface area contributed by atoms with Gasteiger partial charge in [-0.3, -0.25) is 9.69 Å². The van der Waals surface area contributed by atoms with Crippen molar-refractivity contribution in [1.29, 1.82) is 0 Å². The Labute approximate surface area is 130 Å². The number of aromatic nitrogens is 1. The highest BCUT2D eigenvalue weighted by Gasteiger charge is 2.19. The molecule has 0 bridgehead atoms. The molecule has 0 unspecified atom stereocenters. The Morgan fingerprint density at radius 1 is 1.41 bits per heavy atom. The fourth-order valence-corrected chi connectivity index (χ4v) is 3.49. The van der Waals surface area contributed by atoms with Crippen LogP contribution in [0.25, 0.3) is 0 Å². The maximum Gasteiger partial charge on any atom is 0.265 e. The summed E-state index contributed by atoms with van der Waals surface area (Å²) < 4.78 is 33.5. The summed E-state index contributed by atoms with van der Waals surface area (Å²) in [4.78, 5) is 13.5. The lowest BCUT2D eigenvalue weighted by Gasteiger charge is -2.26. The zero-order valence-corrected chi connectivity index (χ0v) is 13.4. The molecular weight excluding hydrogens is 308 g/mol. The zero-order chi connectivity index (χ0) is 16.2. The second-order valence-corrected chi connectivity index (χ2v) is 7.01. The molecule has 1 saturated heterocycles. The van der Waals surface area contributed by atoms with Gasteiger partial charge in [0.15, 0.2) is 0 Å². The molecule has 0 atom stereocenters. The quantitative estimate of drug-likeness (QED) is 0.632. The Hall–Kier alpha value is -1.42. The van der Waals surface area contributed by atoms with E-state index in [4.69, 9.17) is 10.5 Å². The van der Waals surface area contributed by atoms with Crippen LogP contribution in [0.15, 0.2) is 17.2 Å². The number of ether oxygens (including phenoxy) is 1. The van der Waals surface area contributed by atoms with Crippen molar-refractivity contribution in [2.75, 3.05) is 39.4 Å². The van der Waals surface area contributed by atoms with Crippen LogP contribution < -0.4 is 10.5 Å². The number of hydrogen-bond donors (Lipinski definition) is 2. The minimum atomic E-state index is -3.62. The number of carbonyl (C=O) groups excluding carboxylic acids is 1. The highest BCUT2D eigenvalue weighted by Crippen LogP contribution is 2.13. The topological polar surface area (TPSA) is 107 Å². The van der Waals surface area contributed by atoms with Crippen LogP contribution in [0.5, 0.6) is 0 Å². The number of rotatable bonds is 7. The summed E-state index contributed by atoms with van der Waals surface area (Å²) in [7, 11) is -2.04. The van der Waals surface area contributed by atoms with Crippen molar-refractivity contribution >= 4 is 15.9 Å². The van der Waals surface area contributed by atoms with Gasteiger partial charge in [0.25, 0.3) is 5.91 Å². The lowest BCUT2D eigenvalue weighted by atomic mass is 10.3. The molecule has 3 N–H and O–H groups in total. The van der Waals surface area contributed by atoms with Crippen LogP contribution in [0, 0.1) is 0 Å². The fourth-order valence-electron chi connectivity index (χ4n) is 2.34. The maximum absolute atomic E-state index is 12.2. The highest BCUT2D eigenvalue weighted by molar-refractivity contribution is 7.89. The molecule has 8 nitrogen and oxygen atoms in total. The van der Waals surface area contributed by atoms with Gasteiger partial charge in [0.1, 0.15) is 10.6 Å². The van der Waals surface area contributed by atoms with Crippen LogP contribution in [-0.2, 0) is 21.8 Å². The minimum Gasteiger partial charge on any atom is -0.379 e. The second kappa shape index (κ2) is 7.23. The van der Waals surface area contributed by atoms with E-state index in [0.717, 1.165) is 39.3 Å². The van der Waals surface area contributed by atoms with E-state index in [9.17, 15) is 13.2 Å². The molecule has 124 valence electrons. The van der Waals surface area contributed by atoms with E-state index in [0.29, 0.717) is 6.54 Å². The van der Waals surface area contributed by atoms with Gasteiger partial charge in [0.2, 0.25) is 10.0 Å². The van der Waals surface area contributed by atoms with Gasteiger partial charge in [-0.05, 0) is 19.0 Å². The minimum absolute atomic E-state index is 0.0511. The maximum atomic E-state index is 12.2. The molecule has 1 aromatic rings. The molecule has 0 spiro atoms. The number of aryl methyl sites for hydroxylation is 1. The summed E-state index contributed by atoms with van der Waals surface area (Å²) in [5.41, 5.74) is 5.35. The van der Waals surface area contributed by atoms with Crippen molar-refractivity contribution in [3.8, 4) is 0 Å². The third-order valence-electron chi connectivity index (χ3n) is 3.59. The molecule has 0 saturated carbocycles. The van der Waals surface area contributed by atoms with Crippen LogP contribution in [0.4, 0.5) is 0 Å². The van der Waals surface area contributed by atoms with Gasteiger partial charge in [0.05, 0.1) is 13.2 Å². The Morgan fingerprint density at radius 3 is 2.68 bits per heavy atom. The fraction of sp³-hybridized carbons (Fsp3) is 0.615. The first-order valence-corrected chi connectivity index (χ1v) is 8.64. The highest BCUT2D eigenvalue weighted by atomic mass is 32.2. The molecule has 0 aliphatic carbocycles. The number of nitrogens with one attached hydrogen (secondary N) is 1. The van der Waals surface area contributed by atoms with E-state index in [1.165, 1.54) is 16.8 Å². The predicted octanol–water partition coefficient (Wildman–Crippen LogP) is -0.875. The molecule has 0 aromatic carbocycles. The summed E-state index contributed by atoms with van der Waals surface area (Å²) in [5, 5.41) is 0. The lowest BCUT2D eigenvalue weighted by Crippen LogP contribution is -2.38. The van der Waals surface area contributed by atoms with Crippen LogP contribution in [0.3, 0.4) is 0 Å². The van der Waals surface area contributed by atoms with Gasteiger partial charge in [-0.1, -0.05) is 0 Å². The summed E-state index contributed by atoms with van der Waals surface area (Å²) in [6, 6.07) is 1.28. The van der Waals surface area contributed by atoms with E-state index in [1.54, 1.807) is 7.05 Å². The van der Waals surface area contributed by atoms with Crippen LogP contribution in [0.1, 0.15) is 16.9 Å². The van der Waals surface area contributed by atoms with Gasteiger partial charge in [0, 0.05) is 32.9 Å². The summed E-state index contributed by atoms with van der Waals surface area (Å²) in [6.45, 7) is 4.39. The number of amides is 1. The number of carbonyl (C=O) groups is 1. The molecule has 1 aliphatic heterocycles. The van der Waals surface area contributed by atoms with Gasteiger partial charge in [-0.15, -0.1) is 0 Å². The molecule has 22 heavy (non-hydrogen) atoms. The predicted molar refractivity (Wildman–Crippen MR) is 81.0 cm³/mol. The first-order chi connectivity index (χ1) is 10.4. The molecule has 2 heterocycles. The molecule has 0 radical (unpaired) electrons. The van der Waals surface area contributed by atoms with Crippen molar-refractivity contribution in [2.45, 2.75) is 11.3 Å². The number of hydrogen-bond acceptors (Lipinski definition) is 5. The number of nitrogens with zero attached hydrogens (tertiary/aromatic N) is 2. The third-order valence-corrected chi connectivity index (χ3v) is 5.02. The second-order valence-electron chi connectivity index (χ2n) is 5.24. The smallest absolute Gasteiger partial charge is 0.265 e. The molecular formula is C13H22N4O4S. The van der Waals surface area contributed by atoms with Crippen molar-refractivity contribution < 1.29 is 17.9 Å². The van der Waals surface area contributed by atoms with Crippen molar-refractivity contribution in [2.24, 2.45) is 12.8 Å². The van der Waals surface area contributed by atoms with E-state index < -0.39 is 15.9 Å². The van der Waals surface area contributed by atoms with Crippen LogP contribution in [-0.4, -0.2) is 63.2 Å². The standard InChI is InChI=1S/C13H22N4O4S/c1-16-10-11(9-12(16)13(14)18)22(19,20)15-3-2-4-17-5-7-21-8-6-17/h9-10,15H,2-8H2,1H3,(H2,14,18). The molecule has 1 aliphatic rings. The lowest BCUT2D eigenvalue weighted by molar-refractivity contribution is 0.0376. The number of sulfonamides is 1. The number of nitrogens with two attached hydrogens (primary N) is 1. The van der Waals surface area contributed by atoms with Crippen molar-refractivity contribution in [1.82, 2.24) is 14.2 Å². The molecule has 1 amide bonds. The van der Waals surface area contributed by atoms with Gasteiger partial charge >= 0.3 is 0 Å². The third kappa shape index (κ3) is 4.29. The normalized spacial score (nSPS) is 16.8. The summed E-state index contributed by atoms with van der Waals surface area (Å²) >= 11 is 0. The first-order valence-electron chi connectivity index (χ1n) is 7.16. The van der Waals surface area contributed by atoms with Crippen molar-refractivity contribution in [3.05, 3.63) is 18.0 Å². The summed E-state index contributed by atoms with van der Waals surface area (Å²) in [6.07, 6.45) is 2.10. The Balaban J connectivity index is 1.85. The van der Waals surface area contributed by atoms with Crippen molar-refractivity contribution in [3.63, 3.8) is 0 Å². The Kier molecular flexibility index (Phi) is 5.57. The molecule has 9 heteroatoms. The van der Waals surface area contributed by atoms with Crippen LogP contribution >= 0.6 is 0 Å².